The van der Waals surface area contributed by atoms with E-state index >= 15 is 0 Å². The molecule has 0 spiro atoms. The van der Waals surface area contributed by atoms with Crippen LogP contribution < -0.4 is 0 Å². The molecule has 0 saturated heterocycles. The number of hydrogen-bond donors (Lipinski definition) is 2. The van der Waals surface area contributed by atoms with Gasteiger partial charge in [-0.1, -0.05) is 12.1 Å². The number of aryl methyl sites for hydroxylation is 2. The van der Waals surface area contributed by atoms with Crippen molar-refractivity contribution in [2.45, 2.75) is 12.8 Å². The molecule has 0 atom stereocenters. The lowest BCUT2D eigenvalue weighted by Gasteiger charge is -2.16. The highest BCUT2D eigenvalue weighted by atomic mass is 19.1. The van der Waals surface area contributed by atoms with Gasteiger partial charge in [-0.3, -0.25) is 4.79 Å². The van der Waals surface area contributed by atoms with Gasteiger partial charge in [0, 0.05) is 26.8 Å². The van der Waals surface area contributed by atoms with Crippen LogP contribution in [0.25, 0.3) is 0 Å². The summed E-state index contributed by atoms with van der Waals surface area (Å²) in [7, 11) is 3.18. The Labute approximate surface area is 128 Å². The van der Waals surface area contributed by atoms with Gasteiger partial charge in [0.1, 0.15) is 11.4 Å². The van der Waals surface area contributed by atoms with Crippen LogP contribution in [-0.4, -0.2) is 39.2 Å². The number of amides is 1. The van der Waals surface area contributed by atoms with E-state index in [1.165, 1.54) is 27.8 Å². The summed E-state index contributed by atoms with van der Waals surface area (Å²) in [5.41, 5.74) is 1.08. The molecule has 2 aromatic rings. The van der Waals surface area contributed by atoms with Crippen molar-refractivity contribution in [2.24, 2.45) is 7.05 Å². The molecule has 0 fully saturated rings. The van der Waals surface area contributed by atoms with Gasteiger partial charge in [0.15, 0.2) is 5.75 Å². The summed E-state index contributed by atoms with van der Waals surface area (Å²) < 4.78 is 14.1. The summed E-state index contributed by atoms with van der Waals surface area (Å²) in [5.74, 6) is -1.36. The molecule has 0 unspecified atom stereocenters. The molecule has 0 aliphatic carbocycles. The van der Waals surface area contributed by atoms with E-state index in [0.717, 1.165) is 12.0 Å². The molecule has 0 radical (unpaired) electrons. The van der Waals surface area contributed by atoms with Crippen LogP contribution >= 0.6 is 0 Å². The highest BCUT2D eigenvalue weighted by Crippen LogP contribution is 2.30. The Balaban J connectivity index is 1.91. The second kappa shape index (κ2) is 6.51. The minimum absolute atomic E-state index is 0.0734. The molecule has 0 bridgehead atoms. The number of rotatable bonds is 5. The van der Waals surface area contributed by atoms with Gasteiger partial charge in [-0.2, -0.15) is 0 Å². The highest BCUT2D eigenvalue weighted by molar-refractivity contribution is 5.97. The monoisotopic (exact) mass is 306 g/mol. The molecule has 0 saturated carbocycles. The summed E-state index contributed by atoms with van der Waals surface area (Å²) in [4.78, 5) is 13.7. The van der Waals surface area contributed by atoms with Gasteiger partial charge < -0.3 is 19.7 Å². The van der Waals surface area contributed by atoms with E-state index in [1.54, 1.807) is 26.2 Å². The first-order valence-corrected chi connectivity index (χ1v) is 6.97. The van der Waals surface area contributed by atoms with Crippen LogP contribution in [0.1, 0.15) is 22.3 Å². The zero-order valence-corrected chi connectivity index (χ0v) is 12.6. The van der Waals surface area contributed by atoms with Crippen LogP contribution in [0.15, 0.2) is 30.5 Å². The number of halogens is 1. The van der Waals surface area contributed by atoms with Crippen LogP contribution in [0, 0.1) is 5.82 Å². The number of hydrogen-bond acceptors (Lipinski definition) is 3. The maximum Gasteiger partial charge on any atom is 0.259 e. The van der Waals surface area contributed by atoms with Crippen molar-refractivity contribution < 1.29 is 19.4 Å². The van der Waals surface area contributed by atoms with Gasteiger partial charge in [-0.15, -0.1) is 0 Å². The Morgan fingerprint density at radius 1 is 1.27 bits per heavy atom. The van der Waals surface area contributed by atoms with Crippen molar-refractivity contribution in [3.63, 3.8) is 0 Å². The van der Waals surface area contributed by atoms with E-state index in [1.807, 2.05) is 0 Å². The van der Waals surface area contributed by atoms with Gasteiger partial charge >= 0.3 is 0 Å². The van der Waals surface area contributed by atoms with E-state index in [0.29, 0.717) is 13.0 Å². The normalized spacial score (nSPS) is 10.7. The van der Waals surface area contributed by atoms with Crippen LogP contribution in [0.4, 0.5) is 4.39 Å². The molecule has 6 heteroatoms. The second-order valence-corrected chi connectivity index (χ2v) is 5.28. The van der Waals surface area contributed by atoms with E-state index in [2.05, 4.69) is 0 Å². The quantitative estimate of drug-likeness (QED) is 0.890. The van der Waals surface area contributed by atoms with E-state index < -0.39 is 5.75 Å². The predicted molar refractivity (Wildman–Crippen MR) is 80.4 cm³/mol. The molecule has 1 aromatic carbocycles. The fraction of sp³-hybridized carbons (Fsp3) is 0.312. The van der Waals surface area contributed by atoms with Gasteiger partial charge in [0.2, 0.25) is 5.88 Å². The maximum absolute atomic E-state index is 12.8. The number of aromatic nitrogens is 1. The standard InChI is InChI=1S/C16H19FN2O3/c1-18(9-3-4-11-5-7-12(17)8-6-11)15(21)13-10-19(2)16(22)14(13)20/h5-8,10,20,22H,3-4,9H2,1-2H3. The molecule has 0 aliphatic rings. The molecule has 118 valence electrons. The van der Waals surface area contributed by atoms with Crippen molar-refractivity contribution in [3.8, 4) is 11.6 Å². The summed E-state index contributed by atoms with van der Waals surface area (Å²) in [6, 6.07) is 6.26. The average Bonchev–Trinajstić information content (AvgIpc) is 2.76. The number of benzene rings is 1. The van der Waals surface area contributed by atoms with Crippen LogP contribution in [0.5, 0.6) is 11.6 Å². The smallest absolute Gasteiger partial charge is 0.259 e. The summed E-state index contributed by atoms with van der Waals surface area (Å²) >= 11 is 0. The van der Waals surface area contributed by atoms with Gasteiger partial charge in [0.05, 0.1) is 0 Å². The zero-order chi connectivity index (χ0) is 16.3. The molecule has 5 nitrogen and oxygen atoms in total. The molecular formula is C16H19FN2O3. The van der Waals surface area contributed by atoms with Gasteiger partial charge in [0.25, 0.3) is 5.91 Å². The molecule has 2 rings (SSSR count). The van der Waals surface area contributed by atoms with Crippen LogP contribution in [-0.2, 0) is 13.5 Å². The third-order valence-electron chi connectivity index (χ3n) is 3.57. The third kappa shape index (κ3) is 3.39. The lowest BCUT2D eigenvalue weighted by molar-refractivity contribution is 0.0790. The molecule has 1 heterocycles. The molecule has 2 N–H and O–H groups in total. The van der Waals surface area contributed by atoms with Crippen molar-refractivity contribution in [1.29, 1.82) is 0 Å². The Morgan fingerprint density at radius 3 is 2.45 bits per heavy atom. The minimum Gasteiger partial charge on any atom is -0.503 e. The first-order valence-electron chi connectivity index (χ1n) is 6.97. The first kappa shape index (κ1) is 15.9. The summed E-state index contributed by atoms with van der Waals surface area (Å²) in [5, 5.41) is 19.2. The summed E-state index contributed by atoms with van der Waals surface area (Å²) in [6.07, 6.45) is 2.83. The van der Waals surface area contributed by atoms with E-state index in [4.69, 9.17) is 0 Å². The zero-order valence-electron chi connectivity index (χ0n) is 12.6. The van der Waals surface area contributed by atoms with E-state index in [-0.39, 0.29) is 23.2 Å². The Hall–Kier alpha value is -2.50. The van der Waals surface area contributed by atoms with Crippen LogP contribution in [0.3, 0.4) is 0 Å². The molecule has 1 aromatic heterocycles. The summed E-state index contributed by atoms with van der Waals surface area (Å²) in [6.45, 7) is 0.491. The predicted octanol–water partition coefficient (Wildman–Crippen LogP) is 2.28. The maximum atomic E-state index is 12.8. The molecule has 1 amide bonds. The Bertz CT molecular complexity index is 665. The molecule has 22 heavy (non-hydrogen) atoms. The number of nitrogens with zero attached hydrogens (tertiary/aromatic N) is 2. The van der Waals surface area contributed by atoms with Crippen molar-refractivity contribution in [1.82, 2.24) is 9.47 Å². The van der Waals surface area contributed by atoms with Crippen molar-refractivity contribution >= 4 is 5.91 Å². The lowest BCUT2D eigenvalue weighted by atomic mass is 10.1. The topological polar surface area (TPSA) is 65.7 Å². The minimum atomic E-state index is -0.405. The van der Waals surface area contributed by atoms with Crippen LogP contribution in [0.2, 0.25) is 0 Å². The number of carbonyl (C=O) groups is 1. The van der Waals surface area contributed by atoms with Crippen molar-refractivity contribution in [3.05, 3.63) is 47.4 Å². The Kier molecular flexibility index (Phi) is 4.70. The highest BCUT2D eigenvalue weighted by Gasteiger charge is 2.21. The number of carbonyl (C=O) groups excluding carboxylic acids is 1. The van der Waals surface area contributed by atoms with Gasteiger partial charge in [-0.25, -0.2) is 4.39 Å². The second-order valence-electron chi connectivity index (χ2n) is 5.28. The SMILES string of the molecule is CN(CCCc1ccc(F)cc1)C(=O)c1cn(C)c(O)c1O. The van der Waals surface area contributed by atoms with Gasteiger partial charge in [-0.05, 0) is 30.5 Å². The number of aromatic hydroxyl groups is 2. The Morgan fingerprint density at radius 2 is 1.91 bits per heavy atom. The average molecular weight is 306 g/mol. The van der Waals surface area contributed by atoms with E-state index in [9.17, 15) is 19.4 Å². The fourth-order valence-electron chi connectivity index (χ4n) is 2.24. The molecule has 0 aliphatic heterocycles. The lowest BCUT2D eigenvalue weighted by Crippen LogP contribution is -2.27. The fourth-order valence-corrected chi connectivity index (χ4v) is 2.24. The third-order valence-corrected chi connectivity index (χ3v) is 3.57. The van der Waals surface area contributed by atoms with Crippen molar-refractivity contribution in [2.75, 3.05) is 13.6 Å². The first-order chi connectivity index (χ1) is 10.4. The molecular weight excluding hydrogens is 287 g/mol. The largest absolute Gasteiger partial charge is 0.503 e.